The average Bonchev–Trinajstić information content (AvgIpc) is 2.58. The van der Waals surface area contributed by atoms with Gasteiger partial charge in [0.2, 0.25) is 0 Å². The average molecular weight is 284 g/mol. The van der Waals surface area contributed by atoms with Gasteiger partial charge in [0.15, 0.2) is 5.65 Å². The van der Waals surface area contributed by atoms with Crippen LogP contribution in [0.3, 0.4) is 0 Å². The summed E-state index contributed by atoms with van der Waals surface area (Å²) in [4.78, 5) is 14.9. The Hall–Kier alpha value is -1.43. The van der Waals surface area contributed by atoms with E-state index in [1.807, 2.05) is 0 Å². The van der Waals surface area contributed by atoms with Gasteiger partial charge in [0, 0.05) is 24.9 Å². The quantitative estimate of drug-likeness (QED) is 0.932. The van der Waals surface area contributed by atoms with Crippen LogP contribution in [-0.4, -0.2) is 25.7 Å². The Labute approximate surface area is 100 Å². The molecule has 0 fully saturated rings. The number of rotatable bonds is 3. The maximum Gasteiger partial charge on any atom is 0.306 e. The first kappa shape index (κ1) is 11.1. The second-order valence-electron chi connectivity index (χ2n) is 3.65. The Morgan fingerprint density at radius 2 is 2.44 bits per heavy atom. The van der Waals surface area contributed by atoms with E-state index < -0.39 is 11.9 Å². The molecule has 6 heteroatoms. The minimum Gasteiger partial charge on any atom is -0.481 e. The molecule has 1 N–H and O–H groups in total. The molecule has 1 unspecified atom stereocenters. The Bertz CT molecular complexity index is 538. The number of hydrogen-bond donors (Lipinski definition) is 1. The third kappa shape index (κ3) is 2.21. The number of halogens is 1. The summed E-state index contributed by atoms with van der Waals surface area (Å²) in [6.45, 7) is 1.66. The van der Waals surface area contributed by atoms with Crippen LogP contribution in [0.4, 0.5) is 0 Å². The zero-order chi connectivity index (χ0) is 11.7. The van der Waals surface area contributed by atoms with Crippen LogP contribution < -0.4 is 0 Å². The van der Waals surface area contributed by atoms with Crippen LogP contribution in [0.2, 0.25) is 0 Å². The Kier molecular flexibility index (Phi) is 2.91. The first-order chi connectivity index (χ1) is 7.56. The van der Waals surface area contributed by atoms with Crippen LogP contribution in [0, 0.1) is 5.92 Å². The molecule has 0 saturated carbocycles. The van der Waals surface area contributed by atoms with Crippen LogP contribution in [0.1, 0.15) is 12.6 Å². The summed E-state index contributed by atoms with van der Waals surface area (Å²) in [6.07, 6.45) is 3.88. The lowest BCUT2D eigenvalue weighted by molar-refractivity contribution is -0.141. The lowest BCUT2D eigenvalue weighted by Gasteiger charge is -2.01. The van der Waals surface area contributed by atoms with Gasteiger partial charge in [0.1, 0.15) is 0 Å². The lowest BCUT2D eigenvalue weighted by atomic mass is 10.1. The Morgan fingerprint density at radius 1 is 1.69 bits per heavy atom. The van der Waals surface area contributed by atoms with Crippen molar-refractivity contribution in [2.75, 3.05) is 0 Å². The van der Waals surface area contributed by atoms with Gasteiger partial charge in [-0.05, 0) is 15.9 Å². The predicted molar refractivity (Wildman–Crippen MR) is 61.2 cm³/mol. The largest absolute Gasteiger partial charge is 0.481 e. The van der Waals surface area contributed by atoms with Crippen molar-refractivity contribution in [2.45, 2.75) is 13.3 Å². The third-order valence-electron chi connectivity index (χ3n) is 2.27. The van der Waals surface area contributed by atoms with Crippen LogP contribution in [0.15, 0.2) is 22.9 Å². The highest BCUT2D eigenvalue weighted by molar-refractivity contribution is 9.10. The molecule has 0 aliphatic heterocycles. The topological polar surface area (TPSA) is 67.5 Å². The molecule has 1 atom stereocenters. The SMILES string of the molecule is CC(Cc1cc2ncc(Br)cn2n1)C(=O)O. The van der Waals surface area contributed by atoms with E-state index in [0.717, 1.165) is 15.8 Å². The maximum atomic E-state index is 10.7. The number of aliphatic carboxylic acids is 1. The van der Waals surface area contributed by atoms with E-state index in [9.17, 15) is 4.79 Å². The van der Waals surface area contributed by atoms with Gasteiger partial charge in [0.25, 0.3) is 0 Å². The van der Waals surface area contributed by atoms with Crippen molar-refractivity contribution in [1.29, 1.82) is 0 Å². The van der Waals surface area contributed by atoms with E-state index in [1.54, 1.807) is 29.9 Å². The highest BCUT2D eigenvalue weighted by atomic mass is 79.9. The summed E-state index contributed by atoms with van der Waals surface area (Å²) in [6, 6.07) is 1.80. The maximum absolute atomic E-state index is 10.7. The van der Waals surface area contributed by atoms with Crippen molar-refractivity contribution < 1.29 is 9.90 Å². The fourth-order valence-electron chi connectivity index (χ4n) is 1.40. The number of carboxylic acids is 1. The van der Waals surface area contributed by atoms with E-state index >= 15 is 0 Å². The summed E-state index contributed by atoms with van der Waals surface area (Å²) in [5, 5.41) is 13.1. The second kappa shape index (κ2) is 4.21. The number of hydrogen-bond acceptors (Lipinski definition) is 3. The van der Waals surface area contributed by atoms with Crippen molar-refractivity contribution in [3.63, 3.8) is 0 Å². The molecular weight excluding hydrogens is 274 g/mol. The van der Waals surface area contributed by atoms with Crippen molar-refractivity contribution in [3.8, 4) is 0 Å². The highest BCUT2D eigenvalue weighted by Crippen LogP contribution is 2.12. The molecule has 0 aliphatic carbocycles. The van der Waals surface area contributed by atoms with Crippen LogP contribution in [0.5, 0.6) is 0 Å². The van der Waals surface area contributed by atoms with Gasteiger partial charge in [-0.2, -0.15) is 5.10 Å². The molecule has 2 rings (SSSR count). The zero-order valence-electron chi connectivity index (χ0n) is 8.59. The lowest BCUT2D eigenvalue weighted by Crippen LogP contribution is -2.12. The number of aromatic nitrogens is 3. The van der Waals surface area contributed by atoms with E-state index in [2.05, 4.69) is 26.0 Å². The molecule has 0 aliphatic rings. The Balaban J connectivity index is 2.29. The summed E-state index contributed by atoms with van der Waals surface area (Å²) >= 11 is 3.30. The molecule has 16 heavy (non-hydrogen) atoms. The van der Waals surface area contributed by atoms with Gasteiger partial charge >= 0.3 is 5.97 Å². The van der Waals surface area contributed by atoms with Gasteiger partial charge in [-0.25, -0.2) is 9.50 Å². The number of fused-ring (bicyclic) bond motifs is 1. The van der Waals surface area contributed by atoms with Crippen LogP contribution >= 0.6 is 15.9 Å². The summed E-state index contributed by atoms with van der Waals surface area (Å²) in [5.41, 5.74) is 1.45. The minimum absolute atomic E-state index is 0.413. The van der Waals surface area contributed by atoms with Crippen molar-refractivity contribution in [2.24, 2.45) is 5.92 Å². The molecule has 84 valence electrons. The van der Waals surface area contributed by atoms with Gasteiger partial charge in [-0.3, -0.25) is 4.79 Å². The van der Waals surface area contributed by atoms with Crippen molar-refractivity contribution >= 4 is 27.5 Å². The molecule has 0 radical (unpaired) electrons. The summed E-state index contributed by atoms with van der Waals surface area (Å²) in [5.74, 6) is -1.25. The van der Waals surface area contributed by atoms with Gasteiger partial charge in [-0.1, -0.05) is 6.92 Å². The van der Waals surface area contributed by atoms with E-state index in [0.29, 0.717) is 6.42 Å². The van der Waals surface area contributed by atoms with Crippen molar-refractivity contribution in [3.05, 3.63) is 28.6 Å². The molecule has 0 amide bonds. The number of carbonyl (C=O) groups is 1. The smallest absolute Gasteiger partial charge is 0.306 e. The number of nitrogens with zero attached hydrogens (tertiary/aromatic N) is 3. The Morgan fingerprint density at radius 3 is 3.12 bits per heavy atom. The predicted octanol–water partition coefficient (Wildman–Crippen LogP) is 1.75. The molecule has 2 aromatic rings. The van der Waals surface area contributed by atoms with E-state index in [4.69, 9.17) is 5.11 Å². The molecule has 2 aromatic heterocycles. The third-order valence-corrected chi connectivity index (χ3v) is 2.68. The van der Waals surface area contributed by atoms with Crippen LogP contribution in [0.25, 0.3) is 5.65 Å². The minimum atomic E-state index is -0.814. The standard InChI is InChI=1S/C10H10BrN3O2/c1-6(10(15)16)2-8-3-9-12-4-7(11)5-14(9)13-8/h3-6H,2H2,1H3,(H,15,16). The van der Waals surface area contributed by atoms with Gasteiger partial charge in [0.05, 0.1) is 16.1 Å². The zero-order valence-corrected chi connectivity index (χ0v) is 10.2. The van der Waals surface area contributed by atoms with E-state index in [-0.39, 0.29) is 0 Å². The van der Waals surface area contributed by atoms with Gasteiger partial charge < -0.3 is 5.11 Å². The summed E-state index contributed by atoms with van der Waals surface area (Å²) < 4.78 is 2.47. The molecule has 0 bridgehead atoms. The molecule has 0 aromatic carbocycles. The van der Waals surface area contributed by atoms with Gasteiger partial charge in [-0.15, -0.1) is 0 Å². The highest BCUT2D eigenvalue weighted by Gasteiger charge is 2.14. The molecule has 0 saturated heterocycles. The fourth-order valence-corrected chi connectivity index (χ4v) is 1.70. The first-order valence-corrected chi connectivity index (χ1v) is 5.58. The molecule has 0 spiro atoms. The molecular formula is C10H10BrN3O2. The normalized spacial score (nSPS) is 12.9. The molecule has 5 nitrogen and oxygen atoms in total. The van der Waals surface area contributed by atoms with Crippen molar-refractivity contribution in [1.82, 2.24) is 14.6 Å². The first-order valence-electron chi connectivity index (χ1n) is 4.79. The monoisotopic (exact) mass is 283 g/mol. The summed E-state index contributed by atoms with van der Waals surface area (Å²) in [7, 11) is 0. The second-order valence-corrected chi connectivity index (χ2v) is 4.57. The number of carboxylic acid groups (broad SMARTS) is 1. The fraction of sp³-hybridized carbons (Fsp3) is 0.300. The molecule has 2 heterocycles. The van der Waals surface area contributed by atoms with Crippen LogP contribution in [-0.2, 0) is 11.2 Å². The van der Waals surface area contributed by atoms with E-state index in [1.165, 1.54) is 0 Å².